The number of hydrogen-bond donors (Lipinski definition) is 2. The van der Waals surface area contributed by atoms with Crippen molar-refractivity contribution in [3.8, 4) is 11.1 Å². The predicted octanol–water partition coefficient (Wildman–Crippen LogP) is 5.77. The van der Waals surface area contributed by atoms with Gasteiger partial charge in [-0.1, -0.05) is 29.8 Å². The van der Waals surface area contributed by atoms with Gasteiger partial charge in [0.05, 0.1) is 10.6 Å². The Hall–Kier alpha value is -3.07. The summed E-state index contributed by atoms with van der Waals surface area (Å²) in [5, 5.41) is 11.6. The zero-order valence-corrected chi connectivity index (χ0v) is 17.0. The number of benzene rings is 2. The second-order valence-electron chi connectivity index (χ2n) is 5.86. The van der Waals surface area contributed by atoms with Crippen LogP contribution >= 0.6 is 22.9 Å². The number of nitrogens with one attached hydrogen (secondary N) is 1. The predicted molar refractivity (Wildman–Crippen MR) is 112 cm³/mol. The minimum atomic E-state index is -0.811. The van der Waals surface area contributed by atoms with Gasteiger partial charge in [-0.2, -0.15) is 0 Å². The van der Waals surface area contributed by atoms with Gasteiger partial charge < -0.3 is 14.8 Å². The molecule has 0 bridgehead atoms. The first kappa shape index (κ1) is 21.6. The summed E-state index contributed by atoms with van der Waals surface area (Å²) in [5.74, 6) is -2.08. The van der Waals surface area contributed by atoms with E-state index in [1.807, 2.05) is 6.07 Å². The number of thiophene rings is 1. The summed E-state index contributed by atoms with van der Waals surface area (Å²) >= 11 is 6.59. The number of carbonyl (C=O) groups is 2. The second kappa shape index (κ2) is 9.17. The van der Waals surface area contributed by atoms with Gasteiger partial charge in [0.15, 0.2) is 12.0 Å². The highest BCUT2D eigenvalue weighted by Crippen LogP contribution is 2.37. The first-order valence-corrected chi connectivity index (χ1v) is 9.70. The van der Waals surface area contributed by atoms with Gasteiger partial charge in [-0.3, -0.25) is 9.59 Å². The lowest BCUT2D eigenvalue weighted by Crippen LogP contribution is -2.11. The molecule has 4 rings (SSSR count). The lowest BCUT2D eigenvalue weighted by molar-refractivity contribution is 0.0999. The fourth-order valence-corrected chi connectivity index (χ4v) is 3.85. The molecule has 0 radical (unpaired) electrons. The van der Waals surface area contributed by atoms with E-state index in [1.54, 1.807) is 24.3 Å². The fraction of sp³-hybridized carbons (Fsp3) is 0.0476. The van der Waals surface area contributed by atoms with E-state index >= 15 is 0 Å². The highest BCUT2D eigenvalue weighted by molar-refractivity contribution is 7.15. The third kappa shape index (κ3) is 4.11. The minimum Gasteiger partial charge on any atom is -0.451 e. The number of aldehydes is 1. The molecule has 0 fully saturated rings. The summed E-state index contributed by atoms with van der Waals surface area (Å²) in [4.78, 5) is 24.1. The van der Waals surface area contributed by atoms with Gasteiger partial charge in [-0.05, 0) is 24.3 Å². The first-order valence-electron chi connectivity index (χ1n) is 8.44. The molecule has 4 aromatic rings. The van der Waals surface area contributed by atoms with E-state index < -0.39 is 17.5 Å². The van der Waals surface area contributed by atoms with Crippen LogP contribution in [0.5, 0.6) is 0 Å². The first-order chi connectivity index (χ1) is 14.5. The fourth-order valence-electron chi connectivity index (χ4n) is 2.78. The number of aliphatic hydroxyl groups excluding tert-OH is 1. The van der Waals surface area contributed by atoms with E-state index in [9.17, 15) is 18.4 Å². The SMILES string of the molecule is CO.O=Cc1c(-c2cc(F)c(Cl)cc2F)csc1NC(=O)c1cc2ccccc2o1. The molecule has 2 aromatic heterocycles. The van der Waals surface area contributed by atoms with E-state index in [4.69, 9.17) is 21.1 Å². The number of halogens is 3. The van der Waals surface area contributed by atoms with Crippen LogP contribution in [0.1, 0.15) is 20.9 Å². The molecule has 2 heterocycles. The van der Waals surface area contributed by atoms with Crippen LogP contribution in [0.2, 0.25) is 5.02 Å². The van der Waals surface area contributed by atoms with Gasteiger partial charge in [-0.15, -0.1) is 11.3 Å². The van der Waals surface area contributed by atoms with Gasteiger partial charge >= 0.3 is 0 Å². The Balaban J connectivity index is 0.00000124. The van der Waals surface area contributed by atoms with E-state index in [0.717, 1.165) is 36.0 Å². The molecule has 2 aromatic carbocycles. The molecule has 0 aliphatic carbocycles. The van der Waals surface area contributed by atoms with Crippen molar-refractivity contribution in [2.75, 3.05) is 12.4 Å². The van der Waals surface area contributed by atoms with Crippen LogP contribution in [0.4, 0.5) is 13.8 Å². The molecule has 0 atom stereocenters. The number of aliphatic hydroxyl groups is 1. The molecule has 0 aliphatic heterocycles. The number of rotatable bonds is 4. The van der Waals surface area contributed by atoms with Crippen molar-refractivity contribution in [1.82, 2.24) is 0 Å². The number of fused-ring (bicyclic) bond motifs is 1. The van der Waals surface area contributed by atoms with Crippen molar-refractivity contribution in [3.63, 3.8) is 0 Å². The monoisotopic (exact) mass is 449 g/mol. The zero-order valence-electron chi connectivity index (χ0n) is 15.4. The molecular formula is C21H14ClF2NO4S. The highest BCUT2D eigenvalue weighted by atomic mass is 35.5. The molecule has 0 aliphatic rings. The maximum atomic E-state index is 14.2. The van der Waals surface area contributed by atoms with Crippen LogP contribution in [0.3, 0.4) is 0 Å². The second-order valence-corrected chi connectivity index (χ2v) is 7.15. The highest BCUT2D eigenvalue weighted by Gasteiger charge is 2.21. The van der Waals surface area contributed by atoms with Gasteiger partial charge in [0, 0.05) is 29.0 Å². The smallest absolute Gasteiger partial charge is 0.292 e. The Morgan fingerprint density at radius 3 is 2.57 bits per heavy atom. The molecule has 1 amide bonds. The van der Waals surface area contributed by atoms with Crippen LogP contribution in [-0.4, -0.2) is 24.4 Å². The summed E-state index contributed by atoms with van der Waals surface area (Å²) < 4.78 is 33.5. The molecule has 0 saturated carbocycles. The van der Waals surface area contributed by atoms with Crippen molar-refractivity contribution < 1.29 is 27.9 Å². The molecule has 9 heteroatoms. The quantitative estimate of drug-likeness (QED) is 0.306. The number of amides is 1. The Kier molecular flexibility index (Phi) is 6.61. The molecule has 30 heavy (non-hydrogen) atoms. The summed E-state index contributed by atoms with van der Waals surface area (Å²) in [7, 11) is 1.00. The minimum absolute atomic E-state index is 0.0371. The average molecular weight is 450 g/mol. The van der Waals surface area contributed by atoms with Crippen LogP contribution < -0.4 is 5.32 Å². The van der Waals surface area contributed by atoms with Gasteiger partial charge in [0.2, 0.25) is 0 Å². The number of carbonyl (C=O) groups excluding carboxylic acids is 2. The van der Waals surface area contributed by atoms with E-state index in [2.05, 4.69) is 5.32 Å². The van der Waals surface area contributed by atoms with Crippen molar-refractivity contribution >= 4 is 51.1 Å². The number of para-hydroxylation sites is 1. The Labute approximate surface area is 178 Å². The van der Waals surface area contributed by atoms with Crippen LogP contribution in [0.15, 0.2) is 52.3 Å². The maximum Gasteiger partial charge on any atom is 0.292 e. The topological polar surface area (TPSA) is 79.5 Å². The molecule has 0 unspecified atom stereocenters. The van der Waals surface area contributed by atoms with Gasteiger partial charge in [-0.25, -0.2) is 8.78 Å². The maximum absolute atomic E-state index is 14.2. The Bertz CT molecular complexity index is 1200. The molecular weight excluding hydrogens is 436 g/mol. The normalized spacial score (nSPS) is 10.4. The van der Waals surface area contributed by atoms with Crippen LogP contribution in [0, 0.1) is 11.6 Å². The van der Waals surface area contributed by atoms with E-state index in [1.165, 1.54) is 5.38 Å². The number of anilines is 1. The molecule has 0 saturated heterocycles. The van der Waals surface area contributed by atoms with Crippen LogP contribution in [0.25, 0.3) is 22.1 Å². The largest absolute Gasteiger partial charge is 0.451 e. The van der Waals surface area contributed by atoms with Gasteiger partial charge in [0.25, 0.3) is 5.91 Å². The van der Waals surface area contributed by atoms with Crippen molar-refractivity contribution in [2.24, 2.45) is 0 Å². The Morgan fingerprint density at radius 1 is 1.13 bits per heavy atom. The lowest BCUT2D eigenvalue weighted by atomic mass is 10.0. The van der Waals surface area contributed by atoms with Crippen molar-refractivity contribution in [2.45, 2.75) is 0 Å². The number of hydrogen-bond acceptors (Lipinski definition) is 5. The third-order valence-corrected chi connectivity index (χ3v) is 5.32. The van der Waals surface area contributed by atoms with Crippen molar-refractivity contribution in [1.29, 1.82) is 0 Å². The molecule has 154 valence electrons. The summed E-state index contributed by atoms with van der Waals surface area (Å²) in [6.07, 6.45) is 0.478. The van der Waals surface area contributed by atoms with E-state index in [0.29, 0.717) is 11.9 Å². The van der Waals surface area contributed by atoms with E-state index in [-0.39, 0.29) is 32.5 Å². The van der Waals surface area contributed by atoms with Crippen LogP contribution in [-0.2, 0) is 0 Å². The Morgan fingerprint density at radius 2 is 1.87 bits per heavy atom. The summed E-state index contributed by atoms with van der Waals surface area (Å²) in [6, 6.07) is 10.5. The summed E-state index contributed by atoms with van der Waals surface area (Å²) in [6.45, 7) is 0. The molecule has 5 nitrogen and oxygen atoms in total. The van der Waals surface area contributed by atoms with Crippen molar-refractivity contribution in [3.05, 3.63) is 75.8 Å². The third-order valence-electron chi connectivity index (χ3n) is 4.12. The zero-order chi connectivity index (χ0) is 21.8. The summed E-state index contributed by atoms with van der Waals surface area (Å²) in [5.41, 5.74) is 0.626. The van der Waals surface area contributed by atoms with Gasteiger partial charge in [0.1, 0.15) is 22.2 Å². The molecule has 0 spiro atoms. The lowest BCUT2D eigenvalue weighted by Gasteiger charge is -2.05. The average Bonchev–Trinajstić information content (AvgIpc) is 3.36. The number of furan rings is 1. The standard InChI is InChI=1S/C20H10ClF2NO3S.CH4O/c21-14-7-15(22)11(6-16(14)23)13-9-28-20(12(13)8-25)24-19(26)18-5-10-3-1-2-4-17(10)27-18;1-2/h1-9H,(H,24,26);2H,1H3. The molecule has 2 N–H and O–H groups in total.